The van der Waals surface area contributed by atoms with Crippen LogP contribution in [0.15, 0.2) is 17.3 Å². The van der Waals surface area contributed by atoms with Crippen molar-refractivity contribution < 1.29 is 22.8 Å². The summed E-state index contributed by atoms with van der Waals surface area (Å²) in [6, 6.07) is 1.52. The number of nitrogens with zero attached hydrogens (tertiary/aromatic N) is 3. The first-order valence-electron chi connectivity index (χ1n) is 6.86. The van der Waals surface area contributed by atoms with Crippen molar-refractivity contribution in [3.8, 4) is 0 Å². The second-order valence-corrected chi connectivity index (χ2v) is 5.61. The Morgan fingerprint density at radius 1 is 1.00 bits per heavy atom. The number of rotatable bonds is 6. The lowest BCUT2D eigenvalue weighted by molar-refractivity contribution is -0.122. The first-order chi connectivity index (χ1) is 12.3. The number of anilines is 3. The number of benzene rings is 1. The number of aromatic nitrogens is 3. The number of amides is 2. The van der Waals surface area contributed by atoms with E-state index in [1.165, 1.54) is 0 Å². The van der Waals surface area contributed by atoms with Crippen LogP contribution >= 0.6 is 11.8 Å². The van der Waals surface area contributed by atoms with Crippen molar-refractivity contribution >= 4 is 41.2 Å². The predicted molar refractivity (Wildman–Crippen MR) is 87.3 cm³/mol. The van der Waals surface area contributed by atoms with Crippen molar-refractivity contribution in [3.63, 3.8) is 0 Å². The summed E-state index contributed by atoms with van der Waals surface area (Å²) in [7, 11) is 0. The molecule has 0 aliphatic rings. The molecule has 138 valence electrons. The molecule has 0 atom stereocenters. The van der Waals surface area contributed by atoms with Crippen LogP contribution in [0, 0.1) is 17.5 Å². The molecule has 2 rings (SSSR count). The average molecular weight is 387 g/mol. The Bertz CT molecular complexity index is 832. The average Bonchev–Trinajstić information content (AvgIpc) is 2.58. The fourth-order valence-electron chi connectivity index (χ4n) is 1.63. The van der Waals surface area contributed by atoms with Crippen molar-refractivity contribution in [3.05, 3.63) is 29.6 Å². The summed E-state index contributed by atoms with van der Waals surface area (Å²) in [5.74, 6) is -6.39. The Labute approximate surface area is 148 Å². The Kier molecular flexibility index (Phi) is 6.16. The van der Waals surface area contributed by atoms with Gasteiger partial charge in [-0.15, -0.1) is 0 Å². The van der Waals surface area contributed by atoms with Crippen LogP contribution in [-0.4, -0.2) is 39.1 Å². The standard InChI is InChI=1S/C13H12F3N7O2S/c14-5-1-2-6(10(16)9(5)15)20-7(24)3-19-8(25)4-26-13-22-11(17)21-12(18)23-13/h1-2H,3-4H2,(H,19,25)(H,20,24)(H4,17,18,21,22,23). The van der Waals surface area contributed by atoms with Crippen LogP contribution in [-0.2, 0) is 9.59 Å². The van der Waals surface area contributed by atoms with E-state index >= 15 is 0 Å². The monoisotopic (exact) mass is 387 g/mol. The third kappa shape index (κ3) is 5.20. The Hall–Kier alpha value is -3.09. The summed E-state index contributed by atoms with van der Waals surface area (Å²) in [5.41, 5.74) is 10.2. The lowest BCUT2D eigenvalue weighted by Gasteiger charge is -2.08. The molecule has 6 N–H and O–H groups in total. The maximum absolute atomic E-state index is 13.4. The van der Waals surface area contributed by atoms with Crippen molar-refractivity contribution in [2.24, 2.45) is 0 Å². The molecule has 1 heterocycles. The molecule has 0 spiro atoms. The van der Waals surface area contributed by atoms with Gasteiger partial charge in [-0.1, -0.05) is 11.8 Å². The van der Waals surface area contributed by atoms with Crippen LogP contribution in [0.2, 0.25) is 0 Å². The maximum Gasteiger partial charge on any atom is 0.243 e. The summed E-state index contributed by atoms with van der Waals surface area (Å²) < 4.78 is 39.3. The van der Waals surface area contributed by atoms with E-state index in [2.05, 4.69) is 20.3 Å². The number of nitrogens with one attached hydrogen (secondary N) is 2. The van der Waals surface area contributed by atoms with Gasteiger partial charge in [0.25, 0.3) is 0 Å². The fraction of sp³-hybridized carbons (Fsp3) is 0.154. The number of nitrogens with two attached hydrogens (primary N) is 2. The maximum atomic E-state index is 13.4. The van der Waals surface area contributed by atoms with Gasteiger partial charge in [-0.05, 0) is 12.1 Å². The van der Waals surface area contributed by atoms with Crippen LogP contribution in [0.25, 0.3) is 0 Å². The Morgan fingerprint density at radius 3 is 2.31 bits per heavy atom. The second-order valence-electron chi connectivity index (χ2n) is 4.67. The van der Waals surface area contributed by atoms with Gasteiger partial charge in [-0.3, -0.25) is 9.59 Å². The smallest absolute Gasteiger partial charge is 0.243 e. The highest BCUT2D eigenvalue weighted by Crippen LogP contribution is 2.19. The molecule has 0 radical (unpaired) electrons. The Morgan fingerprint density at radius 2 is 1.65 bits per heavy atom. The minimum atomic E-state index is -1.71. The van der Waals surface area contributed by atoms with Gasteiger partial charge < -0.3 is 22.1 Å². The first-order valence-corrected chi connectivity index (χ1v) is 7.84. The number of carbonyl (C=O) groups is 2. The van der Waals surface area contributed by atoms with Gasteiger partial charge >= 0.3 is 0 Å². The topological polar surface area (TPSA) is 149 Å². The normalized spacial score (nSPS) is 10.4. The molecular formula is C13H12F3N7O2S. The fourth-order valence-corrected chi connectivity index (χ4v) is 2.31. The van der Waals surface area contributed by atoms with E-state index < -0.39 is 41.5 Å². The number of carbonyl (C=O) groups excluding carboxylic acids is 2. The molecule has 0 bridgehead atoms. The molecule has 0 saturated carbocycles. The number of hydrogen-bond acceptors (Lipinski definition) is 8. The lowest BCUT2D eigenvalue weighted by Crippen LogP contribution is -2.34. The van der Waals surface area contributed by atoms with Crippen LogP contribution < -0.4 is 22.1 Å². The molecule has 0 fully saturated rings. The second kappa shape index (κ2) is 8.33. The number of thioether (sulfide) groups is 1. The van der Waals surface area contributed by atoms with Crippen LogP contribution in [0.1, 0.15) is 0 Å². The zero-order valence-corrected chi connectivity index (χ0v) is 13.7. The molecule has 0 aliphatic carbocycles. The van der Waals surface area contributed by atoms with Gasteiger partial charge in [0.1, 0.15) is 0 Å². The number of hydrogen-bond donors (Lipinski definition) is 4. The molecule has 13 heteroatoms. The molecular weight excluding hydrogens is 375 g/mol. The van der Waals surface area contributed by atoms with E-state index in [1.807, 2.05) is 5.32 Å². The van der Waals surface area contributed by atoms with Crippen molar-refractivity contribution in [2.75, 3.05) is 29.1 Å². The van der Waals surface area contributed by atoms with E-state index in [0.717, 1.165) is 17.8 Å². The minimum Gasteiger partial charge on any atom is -0.368 e. The van der Waals surface area contributed by atoms with Gasteiger partial charge in [0, 0.05) is 0 Å². The largest absolute Gasteiger partial charge is 0.368 e. The summed E-state index contributed by atoms with van der Waals surface area (Å²) in [5, 5.41) is 4.39. The van der Waals surface area contributed by atoms with Crippen LogP contribution in [0.4, 0.5) is 30.8 Å². The van der Waals surface area contributed by atoms with Crippen LogP contribution in [0.3, 0.4) is 0 Å². The molecule has 0 saturated heterocycles. The summed E-state index contributed by atoms with van der Waals surface area (Å²) in [6.07, 6.45) is 0. The number of halogens is 3. The summed E-state index contributed by atoms with van der Waals surface area (Å²) >= 11 is 0.901. The third-order valence-electron chi connectivity index (χ3n) is 2.74. The van der Waals surface area contributed by atoms with E-state index in [-0.39, 0.29) is 22.8 Å². The molecule has 0 unspecified atom stereocenters. The predicted octanol–water partition coefficient (Wildman–Crippen LogP) is 0.300. The first kappa shape index (κ1) is 19.2. The number of nitrogen functional groups attached to an aromatic ring is 2. The van der Waals surface area contributed by atoms with E-state index in [4.69, 9.17) is 11.5 Å². The quantitative estimate of drug-likeness (QED) is 0.408. The molecule has 26 heavy (non-hydrogen) atoms. The molecule has 2 amide bonds. The van der Waals surface area contributed by atoms with E-state index in [9.17, 15) is 22.8 Å². The van der Waals surface area contributed by atoms with Gasteiger partial charge in [-0.25, -0.2) is 13.2 Å². The zero-order valence-electron chi connectivity index (χ0n) is 12.9. The van der Waals surface area contributed by atoms with Gasteiger partial charge in [0.15, 0.2) is 22.6 Å². The summed E-state index contributed by atoms with van der Waals surface area (Å²) in [4.78, 5) is 34.4. The van der Waals surface area contributed by atoms with E-state index in [1.54, 1.807) is 0 Å². The summed E-state index contributed by atoms with van der Waals surface area (Å²) in [6.45, 7) is -0.515. The highest BCUT2D eigenvalue weighted by atomic mass is 32.2. The van der Waals surface area contributed by atoms with Crippen molar-refractivity contribution in [1.82, 2.24) is 20.3 Å². The molecule has 0 aliphatic heterocycles. The Balaban J connectivity index is 1.81. The molecule has 9 nitrogen and oxygen atoms in total. The van der Waals surface area contributed by atoms with Gasteiger partial charge in [0.2, 0.25) is 23.7 Å². The van der Waals surface area contributed by atoms with Gasteiger partial charge in [0.05, 0.1) is 18.0 Å². The van der Waals surface area contributed by atoms with Crippen LogP contribution in [0.5, 0.6) is 0 Å². The zero-order chi connectivity index (χ0) is 19.3. The van der Waals surface area contributed by atoms with Crippen molar-refractivity contribution in [2.45, 2.75) is 5.16 Å². The minimum absolute atomic E-state index is 0.103. The highest BCUT2D eigenvalue weighted by Gasteiger charge is 2.15. The lowest BCUT2D eigenvalue weighted by atomic mass is 10.2. The molecule has 1 aromatic carbocycles. The van der Waals surface area contributed by atoms with E-state index in [0.29, 0.717) is 6.07 Å². The highest BCUT2D eigenvalue weighted by molar-refractivity contribution is 7.99. The molecule has 1 aromatic heterocycles. The van der Waals surface area contributed by atoms with Gasteiger partial charge in [-0.2, -0.15) is 15.0 Å². The third-order valence-corrected chi connectivity index (χ3v) is 3.58. The SMILES string of the molecule is Nc1nc(N)nc(SCC(=O)NCC(=O)Nc2ccc(F)c(F)c2F)n1. The molecule has 2 aromatic rings. The van der Waals surface area contributed by atoms with Crippen molar-refractivity contribution in [1.29, 1.82) is 0 Å².